The van der Waals surface area contributed by atoms with Gasteiger partial charge in [-0.1, -0.05) is 24.6 Å². The zero-order valence-electron chi connectivity index (χ0n) is 14.7. The third-order valence-electron chi connectivity index (χ3n) is 3.98. The van der Waals surface area contributed by atoms with Gasteiger partial charge in [0.15, 0.2) is 11.5 Å². The second-order valence-corrected chi connectivity index (χ2v) is 7.06. The van der Waals surface area contributed by atoms with Gasteiger partial charge in [0.05, 0.1) is 23.2 Å². The van der Waals surface area contributed by atoms with Crippen LogP contribution < -0.4 is 14.8 Å². The Hall–Kier alpha value is -1.34. The first-order chi connectivity index (χ1) is 12.5. The summed E-state index contributed by atoms with van der Waals surface area (Å²) < 4.78 is 25.2. The quantitative estimate of drug-likeness (QED) is 0.587. The molecule has 4 nitrogen and oxygen atoms in total. The molecule has 1 atom stereocenters. The molecule has 0 spiro atoms. The Morgan fingerprint density at radius 2 is 2.08 bits per heavy atom. The second kappa shape index (κ2) is 10.1. The summed E-state index contributed by atoms with van der Waals surface area (Å²) in [5, 5.41) is 12.9. The molecule has 2 aromatic rings. The van der Waals surface area contributed by atoms with Crippen molar-refractivity contribution in [2.45, 2.75) is 32.5 Å². The molecule has 0 amide bonds. The van der Waals surface area contributed by atoms with Crippen molar-refractivity contribution in [3.8, 4) is 11.5 Å². The lowest BCUT2D eigenvalue weighted by Crippen LogP contribution is -2.31. The van der Waals surface area contributed by atoms with Crippen LogP contribution in [0.25, 0.3) is 0 Å². The fraction of sp³-hybridized carbons (Fsp3) is 0.368. The molecule has 2 N–H and O–H groups in total. The first-order valence-electron chi connectivity index (χ1n) is 8.25. The highest BCUT2D eigenvalue weighted by Crippen LogP contribution is 2.37. The predicted molar refractivity (Wildman–Crippen MR) is 104 cm³/mol. The molecule has 0 heterocycles. The minimum absolute atomic E-state index is 0.0521. The maximum absolute atomic E-state index is 13.1. The van der Waals surface area contributed by atoms with Crippen LogP contribution in [0.3, 0.4) is 0 Å². The molecule has 0 aliphatic rings. The molecule has 0 bridgehead atoms. The molecule has 7 heteroatoms. The highest BCUT2D eigenvalue weighted by molar-refractivity contribution is 9.10. The topological polar surface area (TPSA) is 50.7 Å². The Balaban J connectivity index is 2.13. The minimum Gasteiger partial charge on any atom is -0.493 e. The molecule has 2 rings (SSSR count). The third kappa shape index (κ3) is 5.58. The number of hydrogen-bond donors (Lipinski definition) is 2. The van der Waals surface area contributed by atoms with Gasteiger partial charge in [0.1, 0.15) is 12.4 Å². The lowest BCUT2D eigenvalue weighted by molar-refractivity contribution is 0.238. The number of aliphatic hydroxyl groups is 1. The van der Waals surface area contributed by atoms with Gasteiger partial charge in [-0.05, 0) is 52.2 Å². The van der Waals surface area contributed by atoms with E-state index in [9.17, 15) is 9.50 Å². The molecule has 0 aliphatic carbocycles. The highest BCUT2D eigenvalue weighted by Gasteiger charge is 2.14. The number of aliphatic hydroxyl groups excluding tert-OH is 1. The third-order valence-corrected chi connectivity index (χ3v) is 4.93. The van der Waals surface area contributed by atoms with Crippen LogP contribution in [0.1, 0.15) is 24.5 Å². The predicted octanol–water partition coefficient (Wildman–Crippen LogP) is 4.69. The summed E-state index contributed by atoms with van der Waals surface area (Å²) in [5.74, 6) is 0.736. The van der Waals surface area contributed by atoms with E-state index in [-0.39, 0.29) is 25.1 Å². The van der Waals surface area contributed by atoms with Gasteiger partial charge < -0.3 is 19.9 Å². The number of ether oxygens (including phenoxy) is 2. The van der Waals surface area contributed by atoms with Crippen molar-refractivity contribution < 1.29 is 19.0 Å². The van der Waals surface area contributed by atoms with E-state index in [4.69, 9.17) is 21.1 Å². The van der Waals surface area contributed by atoms with Crippen LogP contribution in [-0.4, -0.2) is 24.9 Å². The van der Waals surface area contributed by atoms with Crippen molar-refractivity contribution in [3.63, 3.8) is 0 Å². The fourth-order valence-corrected chi connectivity index (χ4v) is 3.23. The van der Waals surface area contributed by atoms with Crippen LogP contribution in [0, 0.1) is 5.82 Å². The van der Waals surface area contributed by atoms with Gasteiger partial charge in [-0.15, -0.1) is 0 Å². The smallest absolute Gasteiger partial charge is 0.175 e. The Labute approximate surface area is 166 Å². The van der Waals surface area contributed by atoms with Crippen molar-refractivity contribution in [3.05, 3.63) is 56.8 Å². The maximum atomic E-state index is 13.1. The van der Waals surface area contributed by atoms with E-state index < -0.39 is 0 Å². The molecule has 0 radical (unpaired) electrons. The Bertz CT molecular complexity index is 741. The molecular formula is C19H22BrClFNO3. The SMILES string of the molecule is CC[C@@H](CO)NCc1cc(Br)c(OCc2ccc(F)cc2Cl)c(OC)c1. The molecule has 2 aromatic carbocycles. The summed E-state index contributed by atoms with van der Waals surface area (Å²) in [6.45, 7) is 2.89. The maximum Gasteiger partial charge on any atom is 0.175 e. The van der Waals surface area contributed by atoms with Crippen molar-refractivity contribution in [1.82, 2.24) is 5.32 Å². The van der Waals surface area contributed by atoms with Crippen LogP contribution in [0.5, 0.6) is 11.5 Å². The standard InChI is InChI=1S/C19H22BrClFNO3/c1-3-15(10-24)23-9-12-6-16(20)19(18(7-12)25-2)26-11-13-4-5-14(22)8-17(13)21/h4-8,15,23-24H,3,9-11H2,1-2H3/t15-/m0/s1. The summed E-state index contributed by atoms with van der Waals surface area (Å²) in [6, 6.07) is 8.06. The van der Waals surface area contributed by atoms with Crippen LogP contribution in [0.4, 0.5) is 4.39 Å². The van der Waals surface area contributed by atoms with E-state index in [1.807, 2.05) is 19.1 Å². The molecule has 0 unspecified atom stereocenters. The number of rotatable bonds is 9. The van der Waals surface area contributed by atoms with Crippen LogP contribution in [-0.2, 0) is 13.2 Å². The van der Waals surface area contributed by atoms with Crippen molar-refractivity contribution in [2.24, 2.45) is 0 Å². The number of hydrogen-bond acceptors (Lipinski definition) is 4. The van der Waals surface area contributed by atoms with Crippen molar-refractivity contribution in [2.75, 3.05) is 13.7 Å². The first-order valence-corrected chi connectivity index (χ1v) is 9.42. The number of benzene rings is 2. The minimum atomic E-state index is -0.386. The van der Waals surface area contributed by atoms with Gasteiger partial charge in [0.25, 0.3) is 0 Å². The summed E-state index contributed by atoms with van der Waals surface area (Å²) in [4.78, 5) is 0. The van der Waals surface area contributed by atoms with E-state index in [2.05, 4.69) is 21.2 Å². The van der Waals surface area contributed by atoms with Crippen LogP contribution in [0.15, 0.2) is 34.8 Å². The molecule has 0 fully saturated rings. The zero-order chi connectivity index (χ0) is 19.1. The van der Waals surface area contributed by atoms with Crippen LogP contribution >= 0.6 is 27.5 Å². The van der Waals surface area contributed by atoms with Crippen molar-refractivity contribution in [1.29, 1.82) is 0 Å². The Morgan fingerprint density at radius 1 is 1.31 bits per heavy atom. The summed E-state index contributed by atoms with van der Waals surface area (Å²) in [7, 11) is 1.57. The fourth-order valence-electron chi connectivity index (χ4n) is 2.40. The Kier molecular flexibility index (Phi) is 8.15. The van der Waals surface area contributed by atoms with Gasteiger partial charge in [-0.3, -0.25) is 0 Å². The van der Waals surface area contributed by atoms with Crippen LogP contribution in [0.2, 0.25) is 5.02 Å². The van der Waals surface area contributed by atoms with E-state index in [1.165, 1.54) is 12.1 Å². The first kappa shape index (κ1) is 21.0. The van der Waals surface area contributed by atoms with Gasteiger partial charge >= 0.3 is 0 Å². The molecule has 26 heavy (non-hydrogen) atoms. The monoisotopic (exact) mass is 445 g/mol. The molecule has 0 saturated carbocycles. The van der Waals surface area contributed by atoms with E-state index >= 15 is 0 Å². The molecular weight excluding hydrogens is 425 g/mol. The van der Waals surface area contributed by atoms with E-state index in [0.717, 1.165) is 16.5 Å². The van der Waals surface area contributed by atoms with Crippen molar-refractivity contribution >= 4 is 27.5 Å². The summed E-state index contributed by atoms with van der Waals surface area (Å²) in [6.07, 6.45) is 0.842. The highest BCUT2D eigenvalue weighted by atomic mass is 79.9. The van der Waals surface area contributed by atoms with Gasteiger partial charge in [-0.2, -0.15) is 0 Å². The normalized spacial score (nSPS) is 12.1. The van der Waals surface area contributed by atoms with Gasteiger partial charge in [0, 0.05) is 18.2 Å². The number of halogens is 3. The Morgan fingerprint density at radius 3 is 2.69 bits per heavy atom. The van der Waals surface area contributed by atoms with Gasteiger partial charge in [0.2, 0.25) is 0 Å². The zero-order valence-corrected chi connectivity index (χ0v) is 17.0. The van der Waals surface area contributed by atoms with Gasteiger partial charge in [-0.25, -0.2) is 4.39 Å². The molecule has 0 aromatic heterocycles. The average Bonchev–Trinajstić information content (AvgIpc) is 2.62. The number of nitrogens with one attached hydrogen (secondary N) is 1. The molecule has 0 aliphatic heterocycles. The lowest BCUT2D eigenvalue weighted by atomic mass is 10.1. The molecule has 0 saturated heterocycles. The largest absolute Gasteiger partial charge is 0.493 e. The number of methoxy groups -OCH3 is 1. The van der Waals surface area contributed by atoms with E-state index in [1.54, 1.807) is 13.2 Å². The average molecular weight is 447 g/mol. The summed E-state index contributed by atoms with van der Waals surface area (Å²) >= 11 is 9.55. The summed E-state index contributed by atoms with van der Waals surface area (Å²) in [5.41, 5.74) is 1.68. The second-order valence-electron chi connectivity index (χ2n) is 5.80. The van der Waals surface area contributed by atoms with E-state index in [0.29, 0.717) is 28.6 Å². The lowest BCUT2D eigenvalue weighted by Gasteiger charge is -2.17. The molecule has 142 valence electrons.